The first kappa shape index (κ1) is 19.1. The van der Waals surface area contributed by atoms with Crippen molar-refractivity contribution in [3.8, 4) is 0 Å². The van der Waals surface area contributed by atoms with Crippen molar-refractivity contribution < 1.29 is 14.1 Å². The lowest BCUT2D eigenvalue weighted by molar-refractivity contribution is -0.133. The lowest BCUT2D eigenvalue weighted by Gasteiger charge is -2.33. The molecule has 0 bridgehead atoms. The Morgan fingerprint density at radius 3 is 2.67 bits per heavy atom. The summed E-state index contributed by atoms with van der Waals surface area (Å²) < 4.78 is 6.86. The number of nitrogens with two attached hydrogens (primary N) is 2. The van der Waals surface area contributed by atoms with Crippen LogP contribution in [0.3, 0.4) is 0 Å². The zero-order valence-corrected chi connectivity index (χ0v) is 15.5. The molecule has 1 aliphatic rings. The Balaban J connectivity index is 1.59. The number of aryl methyl sites for hydroxylation is 2. The fourth-order valence-electron chi connectivity index (χ4n) is 3.29. The first-order chi connectivity index (χ1) is 12.9. The third-order valence-corrected chi connectivity index (χ3v) is 4.84. The van der Waals surface area contributed by atoms with Gasteiger partial charge in [0.05, 0.1) is 29.7 Å². The van der Waals surface area contributed by atoms with Crippen LogP contribution in [0, 0.1) is 13.8 Å². The van der Waals surface area contributed by atoms with E-state index in [1.807, 2.05) is 4.68 Å². The molecule has 2 aromatic rings. The van der Waals surface area contributed by atoms with Gasteiger partial charge < -0.3 is 26.2 Å². The molecule has 0 unspecified atom stereocenters. The number of likely N-dealkylation sites (tertiary alicyclic amines) is 1. The lowest BCUT2D eigenvalue weighted by atomic mass is 10.0. The Kier molecular flexibility index (Phi) is 5.57. The molecule has 10 nitrogen and oxygen atoms in total. The molecule has 2 amide bonds. The Bertz CT molecular complexity index is 801. The van der Waals surface area contributed by atoms with E-state index in [4.69, 9.17) is 16.0 Å². The van der Waals surface area contributed by atoms with Gasteiger partial charge in [0.15, 0.2) is 0 Å². The molecule has 0 aliphatic carbocycles. The second-order valence-electron chi connectivity index (χ2n) is 6.76. The van der Waals surface area contributed by atoms with Gasteiger partial charge in [0.1, 0.15) is 11.3 Å². The number of amides is 2. The minimum Gasteiger partial charge on any atom is -0.361 e. The van der Waals surface area contributed by atoms with Crippen LogP contribution in [0.4, 0.5) is 5.69 Å². The Morgan fingerprint density at radius 2 is 2.07 bits per heavy atom. The molecule has 0 saturated carbocycles. The van der Waals surface area contributed by atoms with Gasteiger partial charge >= 0.3 is 0 Å². The van der Waals surface area contributed by atoms with Gasteiger partial charge in [-0.05, 0) is 26.7 Å². The standard InChI is InChI=1S/C17H25N7O3/c1-10-15(11(2)27-22-10)16(25)21-12-8-20-24(9-12)13-3-5-23(6-4-13)17(26)14(19)7-18/h8-9,13-14H,3-7,18-19H2,1-2H3,(H,21,25)/t14-/m0/s1. The first-order valence-electron chi connectivity index (χ1n) is 8.93. The van der Waals surface area contributed by atoms with Crippen molar-refractivity contribution in [1.82, 2.24) is 19.8 Å². The van der Waals surface area contributed by atoms with Crippen LogP contribution in [0.15, 0.2) is 16.9 Å². The van der Waals surface area contributed by atoms with Gasteiger partial charge in [0, 0.05) is 25.8 Å². The van der Waals surface area contributed by atoms with E-state index in [-0.39, 0.29) is 24.4 Å². The molecule has 3 rings (SSSR count). The maximum atomic E-state index is 12.4. The van der Waals surface area contributed by atoms with Gasteiger partial charge in [-0.25, -0.2) is 0 Å². The van der Waals surface area contributed by atoms with Crippen molar-refractivity contribution in [2.75, 3.05) is 25.0 Å². The van der Waals surface area contributed by atoms with Crippen molar-refractivity contribution in [2.24, 2.45) is 11.5 Å². The summed E-state index contributed by atoms with van der Waals surface area (Å²) in [5, 5.41) is 11.0. The largest absolute Gasteiger partial charge is 0.361 e. The number of aromatic nitrogens is 3. The normalized spacial score (nSPS) is 16.4. The van der Waals surface area contributed by atoms with E-state index in [0.717, 1.165) is 12.8 Å². The predicted molar refractivity (Wildman–Crippen MR) is 98.0 cm³/mol. The summed E-state index contributed by atoms with van der Waals surface area (Å²) in [6, 6.07) is -0.481. The summed E-state index contributed by atoms with van der Waals surface area (Å²) in [7, 11) is 0. The highest BCUT2D eigenvalue weighted by Gasteiger charge is 2.27. The molecule has 0 aromatic carbocycles. The molecule has 1 saturated heterocycles. The van der Waals surface area contributed by atoms with E-state index in [1.165, 1.54) is 0 Å². The topological polar surface area (TPSA) is 145 Å². The van der Waals surface area contributed by atoms with Crippen molar-refractivity contribution in [1.29, 1.82) is 0 Å². The Morgan fingerprint density at radius 1 is 1.37 bits per heavy atom. The van der Waals surface area contributed by atoms with Crippen LogP contribution in [0.25, 0.3) is 0 Å². The van der Waals surface area contributed by atoms with Crippen LogP contribution in [-0.4, -0.2) is 57.3 Å². The van der Waals surface area contributed by atoms with Crippen molar-refractivity contribution in [2.45, 2.75) is 38.8 Å². The SMILES string of the molecule is Cc1noc(C)c1C(=O)Nc1cnn(C2CCN(C(=O)[C@@H](N)CN)CC2)c1. The number of hydrogen-bond donors (Lipinski definition) is 3. The molecule has 27 heavy (non-hydrogen) atoms. The molecule has 3 heterocycles. The highest BCUT2D eigenvalue weighted by molar-refractivity contribution is 6.05. The second-order valence-corrected chi connectivity index (χ2v) is 6.76. The average Bonchev–Trinajstić information content (AvgIpc) is 3.26. The molecule has 146 valence electrons. The van der Waals surface area contributed by atoms with Crippen molar-refractivity contribution >= 4 is 17.5 Å². The quantitative estimate of drug-likeness (QED) is 0.676. The third kappa shape index (κ3) is 4.01. The average molecular weight is 375 g/mol. The molecular formula is C17H25N7O3. The molecule has 10 heteroatoms. The Hall–Kier alpha value is -2.72. The van der Waals surface area contributed by atoms with Crippen molar-refractivity contribution in [3.63, 3.8) is 0 Å². The zero-order valence-electron chi connectivity index (χ0n) is 15.5. The smallest absolute Gasteiger partial charge is 0.261 e. The van der Waals surface area contributed by atoms with E-state index < -0.39 is 6.04 Å². The molecule has 1 aliphatic heterocycles. The minimum absolute atomic E-state index is 0.108. The van der Waals surface area contributed by atoms with Crippen LogP contribution in [0.5, 0.6) is 0 Å². The fraction of sp³-hybridized carbons (Fsp3) is 0.529. The molecule has 1 fully saturated rings. The molecule has 0 radical (unpaired) electrons. The van der Waals surface area contributed by atoms with Crippen LogP contribution in [0.1, 0.15) is 40.7 Å². The summed E-state index contributed by atoms with van der Waals surface area (Å²) in [4.78, 5) is 26.2. The maximum Gasteiger partial charge on any atom is 0.261 e. The summed E-state index contributed by atoms with van der Waals surface area (Å²) >= 11 is 0. The number of carbonyl (C=O) groups excluding carboxylic acids is 2. The number of piperidine rings is 1. The molecule has 1 atom stereocenters. The van der Waals surface area contributed by atoms with Crippen molar-refractivity contribution in [3.05, 3.63) is 29.4 Å². The summed E-state index contributed by atoms with van der Waals surface area (Å²) in [5.41, 5.74) is 12.8. The minimum atomic E-state index is -0.641. The molecular weight excluding hydrogens is 350 g/mol. The number of hydrogen-bond acceptors (Lipinski definition) is 7. The molecule has 5 N–H and O–H groups in total. The fourth-order valence-corrected chi connectivity index (χ4v) is 3.29. The lowest BCUT2D eigenvalue weighted by Crippen LogP contribution is -2.50. The number of carbonyl (C=O) groups is 2. The molecule has 2 aromatic heterocycles. The van der Waals surface area contributed by atoms with Gasteiger partial charge in [-0.15, -0.1) is 0 Å². The third-order valence-electron chi connectivity index (χ3n) is 4.84. The van der Waals surface area contributed by atoms with E-state index in [1.54, 1.807) is 31.1 Å². The van der Waals surface area contributed by atoms with Crippen LogP contribution in [-0.2, 0) is 4.79 Å². The zero-order chi connectivity index (χ0) is 19.6. The second kappa shape index (κ2) is 7.89. The monoisotopic (exact) mass is 375 g/mol. The first-order valence-corrected chi connectivity index (χ1v) is 8.93. The van der Waals surface area contributed by atoms with Crippen LogP contribution in [0.2, 0.25) is 0 Å². The highest BCUT2D eigenvalue weighted by Crippen LogP contribution is 2.24. The summed E-state index contributed by atoms with van der Waals surface area (Å²) in [6.07, 6.45) is 4.94. The number of nitrogens with zero attached hydrogens (tertiary/aromatic N) is 4. The van der Waals surface area contributed by atoms with Crippen LogP contribution >= 0.6 is 0 Å². The van der Waals surface area contributed by atoms with E-state index in [9.17, 15) is 9.59 Å². The van der Waals surface area contributed by atoms with E-state index in [2.05, 4.69) is 15.6 Å². The number of anilines is 1. The maximum absolute atomic E-state index is 12.4. The summed E-state index contributed by atoms with van der Waals surface area (Å²) in [5.74, 6) is 0.0935. The van der Waals surface area contributed by atoms with Gasteiger partial charge in [0.2, 0.25) is 5.91 Å². The highest BCUT2D eigenvalue weighted by atomic mass is 16.5. The van der Waals surface area contributed by atoms with E-state index >= 15 is 0 Å². The summed E-state index contributed by atoms with van der Waals surface area (Å²) in [6.45, 7) is 4.78. The van der Waals surface area contributed by atoms with Gasteiger partial charge in [0.25, 0.3) is 5.91 Å². The van der Waals surface area contributed by atoms with Gasteiger partial charge in [-0.3, -0.25) is 14.3 Å². The number of nitrogens with one attached hydrogen (secondary N) is 1. The van der Waals surface area contributed by atoms with E-state index in [0.29, 0.717) is 35.8 Å². The number of rotatable bonds is 5. The predicted octanol–water partition coefficient (Wildman–Crippen LogP) is 0.190. The molecule has 0 spiro atoms. The van der Waals surface area contributed by atoms with Gasteiger partial charge in [-0.2, -0.15) is 5.10 Å². The van der Waals surface area contributed by atoms with Gasteiger partial charge in [-0.1, -0.05) is 5.16 Å². The van der Waals surface area contributed by atoms with Crippen LogP contribution < -0.4 is 16.8 Å². The Labute approximate surface area is 156 Å².